The molecule has 1 aliphatic carbocycles. The molecule has 0 aromatic rings. The van der Waals surface area contributed by atoms with Crippen LogP contribution in [0.2, 0.25) is 0 Å². The van der Waals surface area contributed by atoms with E-state index < -0.39 is 0 Å². The first-order chi connectivity index (χ1) is 7.54. The van der Waals surface area contributed by atoms with Gasteiger partial charge in [-0.2, -0.15) is 0 Å². The molecule has 0 aromatic heterocycles. The first-order valence-corrected chi connectivity index (χ1v) is 6.33. The zero-order valence-electron chi connectivity index (χ0n) is 10.3. The summed E-state index contributed by atoms with van der Waals surface area (Å²) < 4.78 is 0. The number of rotatable bonds is 3. The van der Waals surface area contributed by atoms with E-state index in [-0.39, 0.29) is 11.6 Å². The molecule has 1 heterocycles. The maximum atomic E-state index is 11.9. The van der Waals surface area contributed by atoms with E-state index in [1.165, 1.54) is 25.7 Å². The lowest BCUT2D eigenvalue weighted by Crippen LogP contribution is -2.50. The van der Waals surface area contributed by atoms with Gasteiger partial charge in [0.05, 0.1) is 11.6 Å². The predicted molar refractivity (Wildman–Crippen MR) is 64.1 cm³/mol. The van der Waals surface area contributed by atoms with E-state index in [4.69, 9.17) is 5.73 Å². The first kappa shape index (κ1) is 11.7. The summed E-state index contributed by atoms with van der Waals surface area (Å²) in [6, 6.07) is 0.410. The van der Waals surface area contributed by atoms with Crippen molar-refractivity contribution in [2.45, 2.75) is 51.1 Å². The van der Waals surface area contributed by atoms with Gasteiger partial charge in [0.2, 0.25) is 0 Å². The van der Waals surface area contributed by atoms with Crippen molar-refractivity contribution in [1.29, 1.82) is 0 Å². The molecule has 2 aliphatic rings. The first-order valence-electron chi connectivity index (χ1n) is 6.33. The van der Waals surface area contributed by atoms with Crippen molar-refractivity contribution < 1.29 is 4.79 Å². The summed E-state index contributed by atoms with van der Waals surface area (Å²) in [7, 11) is 0. The van der Waals surface area contributed by atoms with E-state index >= 15 is 0 Å². The van der Waals surface area contributed by atoms with Gasteiger partial charge in [-0.05, 0) is 32.6 Å². The molecule has 92 valence electrons. The Morgan fingerprint density at radius 1 is 1.44 bits per heavy atom. The van der Waals surface area contributed by atoms with Gasteiger partial charge in [-0.1, -0.05) is 12.8 Å². The van der Waals surface area contributed by atoms with Crippen LogP contribution in [0.5, 0.6) is 0 Å². The van der Waals surface area contributed by atoms with Gasteiger partial charge in [0.1, 0.15) is 0 Å². The third-order valence-corrected chi connectivity index (χ3v) is 4.13. The minimum atomic E-state index is -0.225. The topological polar surface area (TPSA) is 58.4 Å². The second-order valence-electron chi connectivity index (χ2n) is 5.73. The van der Waals surface area contributed by atoms with Gasteiger partial charge in [-0.25, -0.2) is 4.79 Å². The Bertz CT molecular complexity index is 271. The molecular formula is C12H23N3O. The van der Waals surface area contributed by atoms with E-state index in [1.54, 1.807) is 0 Å². The van der Waals surface area contributed by atoms with Gasteiger partial charge < -0.3 is 16.0 Å². The summed E-state index contributed by atoms with van der Waals surface area (Å²) in [6.07, 6.45) is 5.16. The van der Waals surface area contributed by atoms with E-state index in [2.05, 4.69) is 5.32 Å². The van der Waals surface area contributed by atoms with Crippen LogP contribution in [0.15, 0.2) is 0 Å². The fourth-order valence-corrected chi connectivity index (χ4v) is 2.82. The summed E-state index contributed by atoms with van der Waals surface area (Å²) in [5.74, 6) is 0.683. The molecule has 0 bridgehead atoms. The molecule has 0 spiro atoms. The molecule has 4 heteroatoms. The molecule has 2 fully saturated rings. The van der Waals surface area contributed by atoms with Crippen molar-refractivity contribution >= 4 is 6.03 Å². The zero-order valence-corrected chi connectivity index (χ0v) is 10.3. The number of carbonyl (C=O) groups is 1. The van der Waals surface area contributed by atoms with Crippen molar-refractivity contribution in [3.05, 3.63) is 0 Å². The third-order valence-electron chi connectivity index (χ3n) is 4.13. The number of hydrogen-bond acceptors (Lipinski definition) is 2. The molecule has 4 nitrogen and oxygen atoms in total. The molecule has 1 saturated heterocycles. The maximum absolute atomic E-state index is 11.9. The molecule has 0 radical (unpaired) electrons. The van der Waals surface area contributed by atoms with Gasteiger partial charge in [0.15, 0.2) is 0 Å². The summed E-state index contributed by atoms with van der Waals surface area (Å²) in [6.45, 7) is 5.40. The lowest BCUT2D eigenvalue weighted by molar-refractivity contribution is 0.161. The molecular weight excluding hydrogens is 202 g/mol. The molecule has 1 saturated carbocycles. The molecule has 0 aromatic carbocycles. The van der Waals surface area contributed by atoms with Crippen molar-refractivity contribution in [2.75, 3.05) is 13.1 Å². The SMILES string of the molecule is CC(C)(CN)N1CC(C2CCCC2)NC1=O. The molecule has 3 N–H and O–H groups in total. The van der Waals surface area contributed by atoms with Gasteiger partial charge in [0, 0.05) is 13.1 Å². The van der Waals surface area contributed by atoms with Crippen LogP contribution in [0.4, 0.5) is 4.79 Å². The Morgan fingerprint density at radius 3 is 2.62 bits per heavy atom. The number of nitrogens with one attached hydrogen (secondary N) is 1. The Labute approximate surface area is 97.6 Å². The Kier molecular flexibility index (Phi) is 3.10. The zero-order chi connectivity index (χ0) is 11.8. The fraction of sp³-hybridized carbons (Fsp3) is 0.917. The quantitative estimate of drug-likeness (QED) is 0.761. The van der Waals surface area contributed by atoms with Crippen LogP contribution in [0.1, 0.15) is 39.5 Å². The highest BCUT2D eigenvalue weighted by molar-refractivity contribution is 5.77. The van der Waals surface area contributed by atoms with Gasteiger partial charge >= 0.3 is 6.03 Å². The lowest BCUT2D eigenvalue weighted by Gasteiger charge is -2.33. The van der Waals surface area contributed by atoms with E-state index in [9.17, 15) is 4.79 Å². The highest BCUT2D eigenvalue weighted by Crippen LogP contribution is 2.31. The van der Waals surface area contributed by atoms with Gasteiger partial charge in [-0.3, -0.25) is 0 Å². The minimum absolute atomic E-state index is 0.0624. The lowest BCUT2D eigenvalue weighted by atomic mass is 9.97. The molecule has 2 rings (SSSR count). The van der Waals surface area contributed by atoms with Crippen LogP contribution in [-0.2, 0) is 0 Å². The summed E-state index contributed by atoms with van der Waals surface area (Å²) in [5.41, 5.74) is 5.50. The Morgan fingerprint density at radius 2 is 2.06 bits per heavy atom. The maximum Gasteiger partial charge on any atom is 0.318 e. The standard InChI is InChI=1S/C12H23N3O/c1-12(2,8-13)15-7-10(14-11(15)16)9-5-3-4-6-9/h9-10H,3-8,13H2,1-2H3,(H,14,16). The fourth-order valence-electron chi connectivity index (χ4n) is 2.82. The number of nitrogens with zero attached hydrogens (tertiary/aromatic N) is 1. The number of hydrogen-bond donors (Lipinski definition) is 2. The average molecular weight is 225 g/mol. The second kappa shape index (κ2) is 4.24. The Balaban J connectivity index is 2.01. The second-order valence-corrected chi connectivity index (χ2v) is 5.73. The number of amides is 2. The summed E-state index contributed by atoms with van der Waals surface area (Å²) in [5, 5.41) is 3.12. The molecule has 1 atom stereocenters. The molecule has 2 amide bonds. The van der Waals surface area contributed by atoms with Crippen molar-refractivity contribution in [3.63, 3.8) is 0 Å². The number of carbonyl (C=O) groups excluding carboxylic acids is 1. The average Bonchev–Trinajstić information content (AvgIpc) is 2.85. The van der Waals surface area contributed by atoms with E-state index in [0.717, 1.165) is 6.54 Å². The summed E-state index contributed by atoms with van der Waals surface area (Å²) >= 11 is 0. The largest absolute Gasteiger partial charge is 0.333 e. The predicted octanol–water partition coefficient (Wildman–Crippen LogP) is 1.31. The smallest absolute Gasteiger partial charge is 0.318 e. The van der Waals surface area contributed by atoms with Gasteiger partial charge in [-0.15, -0.1) is 0 Å². The van der Waals surface area contributed by atoms with Crippen LogP contribution < -0.4 is 11.1 Å². The summed E-state index contributed by atoms with van der Waals surface area (Å²) in [4.78, 5) is 13.8. The van der Waals surface area contributed by atoms with E-state index in [1.807, 2.05) is 18.7 Å². The van der Waals surface area contributed by atoms with Crippen LogP contribution >= 0.6 is 0 Å². The normalized spacial score (nSPS) is 27.6. The third kappa shape index (κ3) is 2.03. The van der Waals surface area contributed by atoms with Crippen molar-refractivity contribution in [3.8, 4) is 0 Å². The van der Waals surface area contributed by atoms with Gasteiger partial charge in [0.25, 0.3) is 0 Å². The molecule has 1 unspecified atom stereocenters. The highest BCUT2D eigenvalue weighted by Gasteiger charge is 2.40. The monoisotopic (exact) mass is 225 g/mol. The number of nitrogens with two attached hydrogens (primary N) is 1. The van der Waals surface area contributed by atoms with Crippen LogP contribution in [0.25, 0.3) is 0 Å². The molecule has 16 heavy (non-hydrogen) atoms. The number of urea groups is 1. The molecule has 1 aliphatic heterocycles. The van der Waals surface area contributed by atoms with E-state index in [0.29, 0.717) is 18.5 Å². The minimum Gasteiger partial charge on any atom is -0.333 e. The van der Waals surface area contributed by atoms with Crippen LogP contribution in [-0.4, -0.2) is 35.6 Å². The van der Waals surface area contributed by atoms with Crippen LogP contribution in [0.3, 0.4) is 0 Å². The van der Waals surface area contributed by atoms with Crippen molar-refractivity contribution in [2.24, 2.45) is 11.7 Å². The Hall–Kier alpha value is -0.770. The highest BCUT2D eigenvalue weighted by atomic mass is 16.2. The van der Waals surface area contributed by atoms with Crippen molar-refractivity contribution in [1.82, 2.24) is 10.2 Å². The van der Waals surface area contributed by atoms with Crippen LogP contribution in [0, 0.1) is 5.92 Å².